The maximum atomic E-state index is 15.3. The highest BCUT2D eigenvalue weighted by molar-refractivity contribution is 6.76. The molecule has 1 fully saturated rings. The molecule has 1 aliphatic heterocycles. The van der Waals surface area contributed by atoms with E-state index in [-0.39, 0.29) is 23.0 Å². The number of rotatable bonds is 11. The van der Waals surface area contributed by atoms with Crippen molar-refractivity contribution < 1.29 is 14.2 Å². The summed E-state index contributed by atoms with van der Waals surface area (Å²) < 4.78 is 24.8. The standard InChI is InChI=1S/C28H34ClFN8O2Si/c1-41(2,3)9-8-40-18-37-7-4-22-24(33-17-34-27(22)37)20-12-35-38(13-20)14-21(11-31)28(5-6-32-16-28)25-23(30)10-19(15-39)26(29)36-25/h4,7,10,12-13,17,21,32,39H,5-6,8-9,14-16,18H2,1-3H3/t21?,28-/m1/s1. The molecular formula is C28H34ClFN8O2Si. The van der Waals surface area contributed by atoms with Crippen molar-refractivity contribution in [2.75, 3.05) is 19.7 Å². The Balaban J connectivity index is 1.38. The topological polar surface area (TPSA) is 127 Å². The number of nitrogens with one attached hydrogen (secondary N) is 1. The largest absolute Gasteiger partial charge is 0.392 e. The number of aromatic nitrogens is 6. The molecule has 5 rings (SSSR count). The molecule has 0 aromatic carbocycles. The van der Waals surface area contributed by atoms with E-state index in [1.54, 1.807) is 10.9 Å². The molecular weight excluding hydrogens is 563 g/mol. The summed E-state index contributed by atoms with van der Waals surface area (Å²) in [7, 11) is -1.17. The van der Waals surface area contributed by atoms with E-state index in [1.165, 1.54) is 12.4 Å². The van der Waals surface area contributed by atoms with Crippen molar-refractivity contribution in [3.8, 4) is 17.3 Å². The van der Waals surface area contributed by atoms with E-state index in [2.05, 4.69) is 51.1 Å². The van der Waals surface area contributed by atoms with Gasteiger partial charge in [0.05, 0.1) is 42.7 Å². The van der Waals surface area contributed by atoms with Crippen molar-refractivity contribution in [1.29, 1.82) is 5.26 Å². The lowest BCUT2D eigenvalue weighted by Crippen LogP contribution is -2.41. The van der Waals surface area contributed by atoms with Crippen LogP contribution in [0.3, 0.4) is 0 Å². The molecule has 10 nitrogen and oxygen atoms in total. The van der Waals surface area contributed by atoms with Crippen LogP contribution in [0.15, 0.2) is 37.1 Å². The highest BCUT2D eigenvalue weighted by Gasteiger charge is 2.47. The van der Waals surface area contributed by atoms with Crippen LogP contribution in [-0.4, -0.2) is 62.2 Å². The summed E-state index contributed by atoms with van der Waals surface area (Å²) in [6, 6.07) is 6.65. The molecule has 0 amide bonds. The molecule has 4 aromatic rings. The maximum absolute atomic E-state index is 15.3. The maximum Gasteiger partial charge on any atom is 0.145 e. The predicted molar refractivity (Wildman–Crippen MR) is 156 cm³/mol. The minimum Gasteiger partial charge on any atom is -0.392 e. The third kappa shape index (κ3) is 6.05. The van der Waals surface area contributed by atoms with Crippen LogP contribution in [0.2, 0.25) is 30.8 Å². The van der Waals surface area contributed by atoms with Crippen LogP contribution < -0.4 is 5.32 Å². The van der Waals surface area contributed by atoms with Gasteiger partial charge in [-0.2, -0.15) is 10.4 Å². The molecule has 1 aliphatic rings. The van der Waals surface area contributed by atoms with Gasteiger partial charge in [0.25, 0.3) is 0 Å². The van der Waals surface area contributed by atoms with Gasteiger partial charge in [-0.25, -0.2) is 19.3 Å². The van der Waals surface area contributed by atoms with Crippen LogP contribution >= 0.6 is 11.6 Å². The summed E-state index contributed by atoms with van der Waals surface area (Å²) >= 11 is 6.25. The molecule has 5 heterocycles. The first-order valence-corrected chi connectivity index (χ1v) is 17.7. The van der Waals surface area contributed by atoms with Crippen molar-refractivity contribution in [1.82, 2.24) is 34.6 Å². The third-order valence-electron chi connectivity index (χ3n) is 7.71. The number of nitrogens with zero attached hydrogens (tertiary/aromatic N) is 7. The number of nitriles is 1. The highest BCUT2D eigenvalue weighted by Crippen LogP contribution is 2.40. The van der Waals surface area contributed by atoms with Crippen LogP contribution in [0.25, 0.3) is 22.3 Å². The van der Waals surface area contributed by atoms with Crippen LogP contribution in [0.4, 0.5) is 4.39 Å². The Morgan fingerprint density at radius 3 is 2.88 bits per heavy atom. The van der Waals surface area contributed by atoms with E-state index in [0.29, 0.717) is 32.8 Å². The van der Waals surface area contributed by atoms with Gasteiger partial charge in [0.2, 0.25) is 0 Å². The minimum absolute atomic E-state index is 0.0365. The summed E-state index contributed by atoms with van der Waals surface area (Å²) in [4.78, 5) is 13.3. The molecule has 2 atom stereocenters. The van der Waals surface area contributed by atoms with Crippen LogP contribution in [0.1, 0.15) is 17.7 Å². The van der Waals surface area contributed by atoms with Gasteiger partial charge in [-0.3, -0.25) is 4.68 Å². The molecule has 1 unspecified atom stereocenters. The summed E-state index contributed by atoms with van der Waals surface area (Å²) in [5, 5.41) is 28.4. The molecule has 0 radical (unpaired) electrons. The number of ether oxygens (including phenoxy) is 1. The Bertz CT molecular complexity index is 1570. The van der Waals surface area contributed by atoms with E-state index >= 15 is 4.39 Å². The molecule has 1 saturated heterocycles. The third-order valence-corrected chi connectivity index (χ3v) is 9.75. The summed E-state index contributed by atoms with van der Waals surface area (Å²) in [6.45, 7) is 8.89. The number of pyridine rings is 1. The van der Waals surface area contributed by atoms with Gasteiger partial charge >= 0.3 is 0 Å². The van der Waals surface area contributed by atoms with Gasteiger partial charge in [-0.05, 0) is 31.1 Å². The number of fused-ring (bicyclic) bond motifs is 1. The van der Waals surface area contributed by atoms with E-state index in [9.17, 15) is 10.4 Å². The fourth-order valence-electron chi connectivity index (χ4n) is 5.33. The minimum atomic E-state index is -1.17. The number of hydrogen-bond donors (Lipinski definition) is 2. The molecule has 4 aromatic heterocycles. The number of aliphatic hydroxyl groups excluding tert-OH is 1. The lowest BCUT2D eigenvalue weighted by atomic mass is 9.72. The van der Waals surface area contributed by atoms with Gasteiger partial charge in [-0.1, -0.05) is 31.2 Å². The van der Waals surface area contributed by atoms with Crippen molar-refractivity contribution in [3.05, 3.63) is 59.3 Å². The normalized spacial score (nSPS) is 18.2. The highest BCUT2D eigenvalue weighted by atomic mass is 35.5. The smallest absolute Gasteiger partial charge is 0.145 e. The van der Waals surface area contributed by atoms with Crippen LogP contribution in [0.5, 0.6) is 0 Å². The van der Waals surface area contributed by atoms with Crippen molar-refractivity contribution in [3.63, 3.8) is 0 Å². The molecule has 0 bridgehead atoms. The lowest BCUT2D eigenvalue weighted by Gasteiger charge is -2.33. The fourth-order valence-corrected chi connectivity index (χ4v) is 6.29. The second-order valence-corrected chi connectivity index (χ2v) is 17.7. The number of aliphatic hydroxyl groups is 1. The Morgan fingerprint density at radius 1 is 1.34 bits per heavy atom. The first kappa shape index (κ1) is 29.3. The molecule has 13 heteroatoms. The summed E-state index contributed by atoms with van der Waals surface area (Å²) in [5.74, 6) is -1.23. The molecule has 41 heavy (non-hydrogen) atoms. The molecule has 2 N–H and O–H groups in total. The number of hydrogen-bond acceptors (Lipinski definition) is 8. The zero-order valence-corrected chi connectivity index (χ0v) is 25.2. The Labute approximate surface area is 244 Å². The first-order valence-electron chi connectivity index (χ1n) is 13.6. The summed E-state index contributed by atoms with van der Waals surface area (Å²) in [5.41, 5.74) is 1.72. The first-order chi connectivity index (χ1) is 19.6. The Kier molecular flexibility index (Phi) is 8.54. The van der Waals surface area contributed by atoms with Crippen LogP contribution in [-0.2, 0) is 30.0 Å². The van der Waals surface area contributed by atoms with Crippen molar-refractivity contribution in [2.45, 2.75) is 57.4 Å². The number of halogens is 2. The van der Waals surface area contributed by atoms with E-state index in [4.69, 9.17) is 16.3 Å². The van der Waals surface area contributed by atoms with Gasteiger partial charge in [0.15, 0.2) is 0 Å². The summed E-state index contributed by atoms with van der Waals surface area (Å²) in [6.07, 6.45) is 7.54. The Hall–Kier alpha value is -3.21. The predicted octanol–water partition coefficient (Wildman–Crippen LogP) is 4.36. The molecule has 0 spiro atoms. The molecule has 0 aliphatic carbocycles. The second-order valence-electron chi connectivity index (χ2n) is 11.7. The fraction of sp³-hybridized carbons (Fsp3) is 0.464. The van der Waals surface area contributed by atoms with Crippen LogP contribution in [0, 0.1) is 23.1 Å². The van der Waals surface area contributed by atoms with Gasteiger partial charge in [0, 0.05) is 55.5 Å². The van der Waals surface area contributed by atoms with Gasteiger partial charge < -0.3 is 19.7 Å². The zero-order valence-electron chi connectivity index (χ0n) is 23.4. The van der Waals surface area contributed by atoms with Gasteiger partial charge in [0.1, 0.15) is 29.7 Å². The van der Waals surface area contributed by atoms with Gasteiger partial charge in [-0.15, -0.1) is 0 Å². The quantitative estimate of drug-likeness (QED) is 0.149. The van der Waals surface area contributed by atoms with E-state index < -0.39 is 31.8 Å². The monoisotopic (exact) mass is 596 g/mol. The average molecular weight is 597 g/mol. The van der Waals surface area contributed by atoms with Crippen molar-refractivity contribution in [2.24, 2.45) is 5.92 Å². The Morgan fingerprint density at radius 2 is 2.17 bits per heavy atom. The lowest BCUT2D eigenvalue weighted by molar-refractivity contribution is 0.0899. The molecule has 216 valence electrons. The average Bonchev–Trinajstić information content (AvgIpc) is 3.70. The molecule has 0 saturated carbocycles. The SMILES string of the molecule is C[Si](C)(C)CCOCn1ccc2c(-c3cnn(CC(C#N)[C@@]4(c5nc(Cl)c(CO)cc5F)CCNC4)c3)ncnc21. The second kappa shape index (κ2) is 12.0. The van der Waals surface area contributed by atoms with E-state index in [0.717, 1.165) is 28.3 Å². The van der Waals surface area contributed by atoms with E-state index in [1.807, 2.05) is 23.0 Å². The van der Waals surface area contributed by atoms with Crippen molar-refractivity contribution >= 4 is 30.7 Å². The zero-order chi connectivity index (χ0) is 29.2.